The Morgan fingerprint density at radius 2 is 1.79 bits per heavy atom. The van der Waals surface area contributed by atoms with Crippen LogP contribution in [-0.2, 0) is 0 Å². The lowest BCUT2D eigenvalue weighted by molar-refractivity contribution is 0.102. The first-order valence-corrected chi connectivity index (χ1v) is 9.59. The molecule has 0 saturated carbocycles. The maximum atomic E-state index is 13.1. The molecule has 1 aromatic heterocycles. The van der Waals surface area contributed by atoms with Crippen LogP contribution in [0.1, 0.15) is 21.5 Å². The van der Waals surface area contributed by atoms with E-state index in [1.165, 1.54) is 0 Å². The summed E-state index contributed by atoms with van der Waals surface area (Å²) in [5.74, 6) is -0.285. The minimum Gasteiger partial charge on any atom is -0.438 e. The first kappa shape index (κ1) is 19.0. The predicted octanol–water partition coefficient (Wildman–Crippen LogP) is 6.19. The van der Waals surface area contributed by atoms with Crippen molar-refractivity contribution in [2.45, 2.75) is 13.8 Å². The van der Waals surface area contributed by atoms with Gasteiger partial charge in [-0.05, 0) is 55.8 Å². The van der Waals surface area contributed by atoms with Crippen molar-refractivity contribution in [3.05, 3.63) is 100 Å². The van der Waals surface area contributed by atoms with Crippen molar-refractivity contribution < 1.29 is 9.21 Å². The van der Waals surface area contributed by atoms with Gasteiger partial charge in [-0.25, -0.2) is 4.99 Å². The highest BCUT2D eigenvalue weighted by atomic mass is 35.5. The van der Waals surface area contributed by atoms with Crippen LogP contribution in [0.2, 0.25) is 5.02 Å². The zero-order valence-electron chi connectivity index (χ0n) is 16.1. The number of nitrogens with one attached hydrogen (secondary N) is 1. The minimum atomic E-state index is -0.285. The molecular formula is C24H19ClN2O2. The molecule has 4 aromatic rings. The van der Waals surface area contributed by atoms with Gasteiger partial charge in [0.2, 0.25) is 5.55 Å². The number of benzene rings is 3. The molecule has 1 heterocycles. The number of carbonyl (C=O) groups is 1. The van der Waals surface area contributed by atoms with E-state index in [-0.39, 0.29) is 11.5 Å². The van der Waals surface area contributed by atoms with Gasteiger partial charge >= 0.3 is 0 Å². The molecule has 1 N–H and O–H groups in total. The fourth-order valence-electron chi connectivity index (χ4n) is 3.12. The van der Waals surface area contributed by atoms with Crippen molar-refractivity contribution in [2.75, 3.05) is 5.32 Å². The van der Waals surface area contributed by atoms with E-state index in [0.29, 0.717) is 21.9 Å². The summed E-state index contributed by atoms with van der Waals surface area (Å²) in [7, 11) is 0. The number of halogens is 1. The van der Waals surface area contributed by atoms with E-state index < -0.39 is 0 Å². The Bertz CT molecular complexity index is 1290. The average Bonchev–Trinajstić information content (AvgIpc) is 2.69. The number of rotatable bonds is 3. The molecule has 3 aromatic carbocycles. The number of amides is 1. The van der Waals surface area contributed by atoms with Crippen molar-refractivity contribution in [1.82, 2.24) is 0 Å². The van der Waals surface area contributed by atoms with Gasteiger partial charge < -0.3 is 9.73 Å². The summed E-state index contributed by atoms with van der Waals surface area (Å²) in [4.78, 5) is 17.7. The van der Waals surface area contributed by atoms with Crippen LogP contribution in [0.3, 0.4) is 0 Å². The van der Waals surface area contributed by atoms with Gasteiger partial charge in [-0.15, -0.1) is 0 Å². The lowest BCUT2D eigenvalue weighted by atomic mass is 10.1. The highest BCUT2D eigenvalue weighted by molar-refractivity contribution is 6.30. The Hall–Kier alpha value is -3.37. The third kappa shape index (κ3) is 4.23. The summed E-state index contributed by atoms with van der Waals surface area (Å²) in [5.41, 5.74) is 4.72. The van der Waals surface area contributed by atoms with E-state index in [9.17, 15) is 4.79 Å². The Morgan fingerprint density at radius 3 is 2.59 bits per heavy atom. The van der Waals surface area contributed by atoms with Crippen molar-refractivity contribution in [3.8, 4) is 0 Å². The van der Waals surface area contributed by atoms with Gasteiger partial charge in [0.25, 0.3) is 5.91 Å². The summed E-state index contributed by atoms with van der Waals surface area (Å²) in [6.07, 6.45) is 0. The lowest BCUT2D eigenvalue weighted by Gasteiger charge is -2.10. The van der Waals surface area contributed by atoms with E-state index in [0.717, 1.165) is 22.2 Å². The Morgan fingerprint density at radius 1 is 0.966 bits per heavy atom. The highest BCUT2D eigenvalue weighted by Crippen LogP contribution is 2.20. The number of carbonyl (C=O) groups excluding carboxylic acids is 1. The zero-order valence-corrected chi connectivity index (χ0v) is 16.8. The fraction of sp³-hybridized carbons (Fsp3) is 0.0833. The third-order valence-corrected chi connectivity index (χ3v) is 4.80. The molecule has 0 aliphatic heterocycles. The number of anilines is 1. The topological polar surface area (TPSA) is 54.6 Å². The molecule has 0 bridgehead atoms. The van der Waals surface area contributed by atoms with Gasteiger partial charge in [0.15, 0.2) is 0 Å². The largest absolute Gasteiger partial charge is 0.438 e. The van der Waals surface area contributed by atoms with Crippen LogP contribution >= 0.6 is 11.6 Å². The molecule has 4 nitrogen and oxygen atoms in total. The molecule has 0 aliphatic carbocycles. The first-order chi connectivity index (χ1) is 14.0. The van der Waals surface area contributed by atoms with E-state index in [1.807, 2.05) is 62.4 Å². The maximum absolute atomic E-state index is 13.1. The second-order valence-electron chi connectivity index (χ2n) is 6.87. The van der Waals surface area contributed by atoms with Gasteiger partial charge in [-0.2, -0.15) is 0 Å². The van der Waals surface area contributed by atoms with E-state index in [4.69, 9.17) is 16.0 Å². The van der Waals surface area contributed by atoms with Crippen LogP contribution in [0.5, 0.6) is 0 Å². The molecule has 0 radical (unpaired) electrons. The van der Waals surface area contributed by atoms with Gasteiger partial charge in [-0.1, -0.05) is 53.6 Å². The monoisotopic (exact) mass is 402 g/mol. The second kappa shape index (κ2) is 7.94. The van der Waals surface area contributed by atoms with Crippen molar-refractivity contribution in [2.24, 2.45) is 4.99 Å². The number of nitrogens with zero attached hydrogens (tertiary/aromatic N) is 1. The summed E-state index contributed by atoms with van der Waals surface area (Å²) in [6, 6.07) is 22.3. The summed E-state index contributed by atoms with van der Waals surface area (Å²) < 4.78 is 5.97. The Labute approximate surface area is 173 Å². The van der Waals surface area contributed by atoms with E-state index in [1.54, 1.807) is 24.3 Å². The number of aryl methyl sites for hydroxylation is 2. The van der Waals surface area contributed by atoms with Gasteiger partial charge in [0.05, 0.1) is 5.69 Å². The molecule has 0 fully saturated rings. The molecule has 4 rings (SSSR count). The summed E-state index contributed by atoms with van der Waals surface area (Å²) in [5, 5.41) is 4.36. The SMILES string of the molecule is Cc1ccc(NC(=O)c2cc3ccccc3oc2=Nc2cccc(Cl)c2)c(C)c1. The van der Waals surface area contributed by atoms with Gasteiger partial charge in [-0.3, -0.25) is 4.79 Å². The minimum absolute atomic E-state index is 0.230. The van der Waals surface area contributed by atoms with Crippen LogP contribution in [0, 0.1) is 13.8 Å². The molecule has 0 spiro atoms. The summed E-state index contributed by atoms with van der Waals surface area (Å²) >= 11 is 6.08. The predicted molar refractivity (Wildman–Crippen MR) is 117 cm³/mol. The Kier molecular flexibility index (Phi) is 5.19. The average molecular weight is 403 g/mol. The molecule has 0 aliphatic rings. The van der Waals surface area contributed by atoms with Crippen LogP contribution < -0.4 is 10.9 Å². The van der Waals surface area contributed by atoms with E-state index >= 15 is 0 Å². The zero-order chi connectivity index (χ0) is 20.4. The smallest absolute Gasteiger partial charge is 0.261 e. The second-order valence-corrected chi connectivity index (χ2v) is 7.30. The van der Waals surface area contributed by atoms with Crippen molar-refractivity contribution in [3.63, 3.8) is 0 Å². The normalized spacial score (nSPS) is 11.6. The van der Waals surface area contributed by atoms with Gasteiger partial charge in [0, 0.05) is 16.1 Å². The molecule has 0 saturated heterocycles. The summed E-state index contributed by atoms with van der Waals surface area (Å²) in [6.45, 7) is 3.98. The van der Waals surface area contributed by atoms with Crippen LogP contribution in [0.15, 0.2) is 82.2 Å². The number of hydrogen-bond donors (Lipinski definition) is 1. The third-order valence-electron chi connectivity index (χ3n) is 4.57. The van der Waals surface area contributed by atoms with Crippen LogP contribution in [0.4, 0.5) is 11.4 Å². The standard InChI is InChI=1S/C24H19ClN2O2/c1-15-10-11-21(16(2)12-15)27-23(28)20-13-17-6-3-4-9-22(17)29-24(20)26-19-8-5-7-18(25)14-19/h3-14H,1-2H3,(H,27,28). The molecule has 29 heavy (non-hydrogen) atoms. The molecule has 0 atom stereocenters. The molecule has 144 valence electrons. The number of hydrogen-bond acceptors (Lipinski definition) is 3. The molecule has 0 unspecified atom stereocenters. The quantitative estimate of drug-likeness (QED) is 0.444. The number of para-hydroxylation sites is 1. The van der Waals surface area contributed by atoms with Crippen LogP contribution in [0.25, 0.3) is 11.0 Å². The molecular weight excluding hydrogens is 384 g/mol. The van der Waals surface area contributed by atoms with Crippen molar-refractivity contribution >= 4 is 39.9 Å². The lowest BCUT2D eigenvalue weighted by Crippen LogP contribution is -2.22. The number of fused-ring (bicyclic) bond motifs is 1. The van der Waals surface area contributed by atoms with Gasteiger partial charge in [0.1, 0.15) is 11.1 Å². The molecule has 5 heteroatoms. The van der Waals surface area contributed by atoms with E-state index in [2.05, 4.69) is 10.3 Å². The fourth-order valence-corrected chi connectivity index (χ4v) is 3.31. The molecule has 1 amide bonds. The van der Waals surface area contributed by atoms with Crippen molar-refractivity contribution in [1.29, 1.82) is 0 Å². The Balaban J connectivity index is 1.84. The highest BCUT2D eigenvalue weighted by Gasteiger charge is 2.14. The first-order valence-electron chi connectivity index (χ1n) is 9.21. The maximum Gasteiger partial charge on any atom is 0.261 e. The van der Waals surface area contributed by atoms with Crippen LogP contribution in [-0.4, -0.2) is 5.91 Å².